The van der Waals surface area contributed by atoms with E-state index in [0.717, 1.165) is 31.1 Å². The van der Waals surface area contributed by atoms with Crippen LogP contribution in [0, 0.1) is 0 Å². The molecule has 1 heterocycles. The summed E-state index contributed by atoms with van der Waals surface area (Å²) < 4.78 is 11.1. The van der Waals surface area contributed by atoms with Crippen molar-refractivity contribution in [3.8, 4) is 0 Å². The van der Waals surface area contributed by atoms with Gasteiger partial charge in [-0.3, -0.25) is 0 Å². The van der Waals surface area contributed by atoms with E-state index in [9.17, 15) is 0 Å². The van der Waals surface area contributed by atoms with Crippen LogP contribution in [0.25, 0.3) is 0 Å². The average Bonchev–Trinajstić information content (AvgIpc) is 2.75. The zero-order chi connectivity index (χ0) is 12.0. The Morgan fingerprint density at radius 2 is 2.06 bits per heavy atom. The molecule has 1 N–H and O–H groups in total. The maximum atomic E-state index is 5.68. The van der Waals surface area contributed by atoms with E-state index in [1.165, 1.54) is 0 Å². The molecule has 0 aromatic carbocycles. The third kappa shape index (κ3) is 3.99. The van der Waals surface area contributed by atoms with E-state index >= 15 is 0 Å². The van der Waals surface area contributed by atoms with Crippen LogP contribution < -0.4 is 5.32 Å². The standard InChI is InChI=1S/C13H23NO2/c1-5-12-7-8-13(16-12)11(4)14-9-10(3)15-6-2/h7-8,10-11,14H,5-6,9H2,1-4H3. The van der Waals surface area contributed by atoms with Gasteiger partial charge in [0, 0.05) is 19.6 Å². The van der Waals surface area contributed by atoms with Crippen molar-refractivity contribution in [1.29, 1.82) is 0 Å². The quantitative estimate of drug-likeness (QED) is 0.774. The van der Waals surface area contributed by atoms with Crippen molar-refractivity contribution in [3.63, 3.8) is 0 Å². The summed E-state index contributed by atoms with van der Waals surface area (Å²) in [6.45, 7) is 9.90. The van der Waals surface area contributed by atoms with Gasteiger partial charge < -0.3 is 14.5 Å². The monoisotopic (exact) mass is 225 g/mol. The lowest BCUT2D eigenvalue weighted by Gasteiger charge is -2.16. The van der Waals surface area contributed by atoms with E-state index in [-0.39, 0.29) is 12.1 Å². The maximum Gasteiger partial charge on any atom is 0.120 e. The minimum atomic E-state index is 0.239. The van der Waals surface area contributed by atoms with Crippen molar-refractivity contribution in [1.82, 2.24) is 5.32 Å². The molecule has 16 heavy (non-hydrogen) atoms. The van der Waals surface area contributed by atoms with Crippen LogP contribution in [0.3, 0.4) is 0 Å². The molecule has 2 unspecified atom stereocenters. The Balaban J connectivity index is 2.37. The van der Waals surface area contributed by atoms with Gasteiger partial charge in [-0.15, -0.1) is 0 Å². The van der Waals surface area contributed by atoms with E-state index in [2.05, 4.69) is 26.1 Å². The minimum absolute atomic E-state index is 0.239. The van der Waals surface area contributed by atoms with Crippen molar-refractivity contribution in [3.05, 3.63) is 23.7 Å². The summed E-state index contributed by atoms with van der Waals surface area (Å²) in [5.74, 6) is 2.04. The highest BCUT2D eigenvalue weighted by molar-refractivity contribution is 5.10. The normalized spacial score (nSPS) is 15.0. The highest BCUT2D eigenvalue weighted by Gasteiger charge is 2.10. The van der Waals surface area contributed by atoms with Crippen LogP contribution >= 0.6 is 0 Å². The van der Waals surface area contributed by atoms with Gasteiger partial charge in [0.05, 0.1) is 12.1 Å². The van der Waals surface area contributed by atoms with E-state index in [1.807, 2.05) is 19.1 Å². The second-order valence-electron chi connectivity index (χ2n) is 4.05. The molecule has 0 aliphatic carbocycles. The van der Waals surface area contributed by atoms with Gasteiger partial charge in [0.1, 0.15) is 11.5 Å². The Kier molecular flexibility index (Phi) is 5.56. The molecule has 0 radical (unpaired) electrons. The minimum Gasteiger partial charge on any atom is -0.464 e. The van der Waals surface area contributed by atoms with Crippen molar-refractivity contribution in [2.24, 2.45) is 0 Å². The molecule has 3 nitrogen and oxygen atoms in total. The fourth-order valence-electron chi connectivity index (χ4n) is 1.60. The summed E-state index contributed by atoms with van der Waals surface area (Å²) in [6.07, 6.45) is 1.19. The molecule has 1 aromatic heterocycles. The smallest absolute Gasteiger partial charge is 0.120 e. The number of hydrogen-bond acceptors (Lipinski definition) is 3. The second kappa shape index (κ2) is 6.71. The first-order valence-electron chi connectivity index (χ1n) is 6.10. The summed E-state index contributed by atoms with van der Waals surface area (Å²) in [5, 5.41) is 3.40. The van der Waals surface area contributed by atoms with Gasteiger partial charge in [-0.1, -0.05) is 6.92 Å². The molecule has 0 fully saturated rings. The highest BCUT2D eigenvalue weighted by atomic mass is 16.5. The number of rotatable bonds is 7. The number of ether oxygens (including phenoxy) is 1. The van der Waals surface area contributed by atoms with Crippen LogP contribution in [0.5, 0.6) is 0 Å². The fourth-order valence-corrected chi connectivity index (χ4v) is 1.60. The lowest BCUT2D eigenvalue weighted by Crippen LogP contribution is -2.28. The molecule has 0 bridgehead atoms. The molecular weight excluding hydrogens is 202 g/mol. The Labute approximate surface area is 98.2 Å². The van der Waals surface area contributed by atoms with Crippen LogP contribution in [-0.2, 0) is 11.2 Å². The predicted octanol–water partition coefficient (Wildman–Crippen LogP) is 2.92. The summed E-state index contributed by atoms with van der Waals surface area (Å²) in [7, 11) is 0. The molecule has 0 aliphatic rings. The summed E-state index contributed by atoms with van der Waals surface area (Å²) in [4.78, 5) is 0. The lowest BCUT2D eigenvalue weighted by atomic mass is 10.2. The molecule has 0 saturated heterocycles. The topological polar surface area (TPSA) is 34.4 Å². The average molecular weight is 225 g/mol. The predicted molar refractivity (Wildman–Crippen MR) is 65.6 cm³/mol. The highest BCUT2D eigenvalue weighted by Crippen LogP contribution is 2.16. The van der Waals surface area contributed by atoms with E-state index in [4.69, 9.17) is 9.15 Å². The summed E-state index contributed by atoms with van der Waals surface area (Å²) in [5.41, 5.74) is 0. The first-order valence-corrected chi connectivity index (χ1v) is 6.10. The number of nitrogens with one attached hydrogen (secondary N) is 1. The molecule has 3 heteroatoms. The van der Waals surface area contributed by atoms with Gasteiger partial charge in [0.2, 0.25) is 0 Å². The first-order chi connectivity index (χ1) is 7.67. The fraction of sp³-hybridized carbons (Fsp3) is 0.692. The van der Waals surface area contributed by atoms with Crippen molar-refractivity contribution in [2.75, 3.05) is 13.2 Å². The Hall–Kier alpha value is -0.800. The molecule has 0 spiro atoms. The molecular formula is C13H23NO2. The second-order valence-corrected chi connectivity index (χ2v) is 4.05. The van der Waals surface area contributed by atoms with Crippen LogP contribution in [0.1, 0.15) is 45.3 Å². The largest absolute Gasteiger partial charge is 0.464 e. The third-order valence-corrected chi connectivity index (χ3v) is 2.62. The molecule has 2 atom stereocenters. The van der Waals surface area contributed by atoms with Crippen LogP contribution in [-0.4, -0.2) is 19.3 Å². The maximum absolute atomic E-state index is 5.68. The van der Waals surface area contributed by atoms with Crippen molar-refractivity contribution >= 4 is 0 Å². The molecule has 0 saturated carbocycles. The van der Waals surface area contributed by atoms with Gasteiger partial charge in [-0.25, -0.2) is 0 Å². The number of hydrogen-bond donors (Lipinski definition) is 1. The third-order valence-electron chi connectivity index (χ3n) is 2.62. The van der Waals surface area contributed by atoms with Crippen molar-refractivity contribution in [2.45, 2.75) is 46.3 Å². The molecule has 0 amide bonds. The number of furan rings is 1. The van der Waals surface area contributed by atoms with E-state index < -0.39 is 0 Å². The van der Waals surface area contributed by atoms with Gasteiger partial charge in [0.25, 0.3) is 0 Å². The van der Waals surface area contributed by atoms with Gasteiger partial charge >= 0.3 is 0 Å². The van der Waals surface area contributed by atoms with Crippen LogP contribution in [0.4, 0.5) is 0 Å². The van der Waals surface area contributed by atoms with Crippen LogP contribution in [0.15, 0.2) is 16.5 Å². The molecule has 1 rings (SSSR count). The van der Waals surface area contributed by atoms with Gasteiger partial charge in [-0.05, 0) is 32.9 Å². The molecule has 0 aliphatic heterocycles. The SMILES string of the molecule is CCOC(C)CNC(C)c1ccc(CC)o1. The van der Waals surface area contributed by atoms with E-state index in [1.54, 1.807) is 0 Å². The Bertz CT molecular complexity index is 296. The van der Waals surface area contributed by atoms with Gasteiger partial charge in [-0.2, -0.15) is 0 Å². The van der Waals surface area contributed by atoms with Crippen molar-refractivity contribution < 1.29 is 9.15 Å². The van der Waals surface area contributed by atoms with E-state index in [0.29, 0.717) is 0 Å². The summed E-state index contributed by atoms with van der Waals surface area (Å²) in [6, 6.07) is 4.32. The van der Waals surface area contributed by atoms with Gasteiger partial charge in [0.15, 0.2) is 0 Å². The molecule has 92 valence electrons. The zero-order valence-corrected chi connectivity index (χ0v) is 10.7. The number of aryl methyl sites for hydroxylation is 1. The summed E-state index contributed by atoms with van der Waals surface area (Å²) >= 11 is 0. The first kappa shape index (κ1) is 13.3. The zero-order valence-electron chi connectivity index (χ0n) is 10.7. The molecule has 1 aromatic rings. The van der Waals surface area contributed by atoms with Crippen LogP contribution in [0.2, 0.25) is 0 Å². The Morgan fingerprint density at radius 1 is 1.31 bits per heavy atom. The lowest BCUT2D eigenvalue weighted by molar-refractivity contribution is 0.0738. The Morgan fingerprint density at radius 3 is 2.62 bits per heavy atom.